The van der Waals surface area contributed by atoms with Crippen LogP contribution in [0.3, 0.4) is 0 Å². The van der Waals surface area contributed by atoms with E-state index in [-0.39, 0.29) is 0 Å². The molecular weight excluding hydrogens is 254 g/mol. The normalized spacial score (nSPS) is 27.5. The third kappa shape index (κ3) is 2.23. The average molecular weight is 273 g/mol. The highest BCUT2D eigenvalue weighted by atomic mass is 32.1. The molecule has 0 amide bonds. The summed E-state index contributed by atoms with van der Waals surface area (Å²) in [5, 5.41) is 1.22. The second-order valence-electron chi connectivity index (χ2n) is 5.72. The number of nitrogens with zero attached hydrogens (tertiary/aromatic N) is 3. The van der Waals surface area contributed by atoms with Gasteiger partial charge in [0, 0.05) is 26.2 Å². The molecule has 19 heavy (non-hydrogen) atoms. The van der Waals surface area contributed by atoms with Gasteiger partial charge < -0.3 is 9.80 Å². The van der Waals surface area contributed by atoms with E-state index in [1.54, 1.807) is 0 Å². The van der Waals surface area contributed by atoms with Gasteiger partial charge in [0.1, 0.15) is 0 Å². The summed E-state index contributed by atoms with van der Waals surface area (Å²) in [5.74, 6) is 0.836. The first-order valence-corrected chi connectivity index (χ1v) is 8.03. The van der Waals surface area contributed by atoms with Crippen molar-refractivity contribution >= 4 is 26.7 Å². The average Bonchev–Trinajstić information content (AvgIpc) is 2.81. The minimum Gasteiger partial charge on any atom is -0.346 e. The first-order valence-electron chi connectivity index (χ1n) is 7.21. The van der Waals surface area contributed by atoms with Crippen LogP contribution in [0.5, 0.6) is 0 Å². The predicted molar refractivity (Wildman–Crippen MR) is 81.0 cm³/mol. The Balaban J connectivity index is 1.63. The van der Waals surface area contributed by atoms with E-state index < -0.39 is 0 Å². The van der Waals surface area contributed by atoms with Gasteiger partial charge in [-0.3, -0.25) is 0 Å². The number of thiazole rings is 1. The first kappa shape index (κ1) is 11.7. The molecule has 4 rings (SSSR count). The van der Waals surface area contributed by atoms with Gasteiger partial charge in [0.05, 0.1) is 10.2 Å². The van der Waals surface area contributed by atoms with Gasteiger partial charge in [-0.15, -0.1) is 0 Å². The molecule has 100 valence electrons. The van der Waals surface area contributed by atoms with E-state index in [0.29, 0.717) is 0 Å². The number of anilines is 1. The highest BCUT2D eigenvalue weighted by molar-refractivity contribution is 7.22. The summed E-state index contributed by atoms with van der Waals surface area (Å²) in [4.78, 5) is 9.96. The van der Waals surface area contributed by atoms with Crippen molar-refractivity contribution in [2.24, 2.45) is 5.92 Å². The third-order valence-electron chi connectivity index (χ3n) is 4.32. The van der Waals surface area contributed by atoms with Crippen LogP contribution in [-0.2, 0) is 0 Å². The van der Waals surface area contributed by atoms with Crippen molar-refractivity contribution in [2.45, 2.75) is 12.8 Å². The quantitative estimate of drug-likeness (QED) is 0.796. The van der Waals surface area contributed by atoms with Gasteiger partial charge in [-0.2, -0.15) is 0 Å². The lowest BCUT2D eigenvalue weighted by Gasteiger charge is -2.29. The Morgan fingerprint density at radius 2 is 2.05 bits per heavy atom. The van der Waals surface area contributed by atoms with Gasteiger partial charge in [-0.25, -0.2) is 4.98 Å². The summed E-state index contributed by atoms with van der Waals surface area (Å²) in [5.41, 5.74) is 1.15. The fraction of sp³-hybridized carbons (Fsp3) is 0.533. The SMILES string of the molecule is c1ccc2sc(N3CCN4CCCC(C4)C3)nc2c1. The van der Waals surface area contributed by atoms with Crippen LogP contribution in [0.4, 0.5) is 5.13 Å². The summed E-state index contributed by atoms with van der Waals surface area (Å²) in [6.07, 6.45) is 2.76. The molecule has 2 unspecified atom stereocenters. The Labute approximate surface area is 117 Å². The van der Waals surface area contributed by atoms with E-state index >= 15 is 0 Å². The third-order valence-corrected chi connectivity index (χ3v) is 5.42. The topological polar surface area (TPSA) is 19.4 Å². The van der Waals surface area contributed by atoms with Gasteiger partial charge in [0.15, 0.2) is 5.13 Å². The maximum Gasteiger partial charge on any atom is 0.186 e. The number of benzene rings is 1. The minimum absolute atomic E-state index is 0.836. The molecule has 2 fully saturated rings. The number of hydrogen-bond donors (Lipinski definition) is 0. The smallest absolute Gasteiger partial charge is 0.186 e. The zero-order valence-electron chi connectivity index (χ0n) is 11.1. The second-order valence-corrected chi connectivity index (χ2v) is 6.73. The molecule has 0 saturated carbocycles. The largest absolute Gasteiger partial charge is 0.346 e. The van der Waals surface area contributed by atoms with E-state index in [1.165, 1.54) is 48.9 Å². The molecule has 4 heteroatoms. The van der Waals surface area contributed by atoms with Crippen molar-refractivity contribution in [3.63, 3.8) is 0 Å². The maximum atomic E-state index is 4.82. The molecule has 2 atom stereocenters. The van der Waals surface area contributed by atoms with Crippen LogP contribution in [0.1, 0.15) is 12.8 Å². The van der Waals surface area contributed by atoms with Crippen molar-refractivity contribution in [1.82, 2.24) is 9.88 Å². The molecule has 1 aromatic carbocycles. The zero-order valence-corrected chi connectivity index (χ0v) is 11.9. The monoisotopic (exact) mass is 273 g/mol. The highest BCUT2D eigenvalue weighted by Gasteiger charge is 2.27. The van der Waals surface area contributed by atoms with Gasteiger partial charge in [-0.1, -0.05) is 23.5 Å². The van der Waals surface area contributed by atoms with Crippen molar-refractivity contribution < 1.29 is 0 Å². The molecule has 2 aliphatic rings. The van der Waals surface area contributed by atoms with E-state index in [0.717, 1.165) is 18.0 Å². The zero-order chi connectivity index (χ0) is 12.7. The Kier molecular flexibility index (Phi) is 2.93. The number of para-hydroxylation sites is 1. The molecule has 0 radical (unpaired) electrons. The predicted octanol–water partition coefficient (Wildman–Crippen LogP) is 2.83. The van der Waals surface area contributed by atoms with E-state index in [4.69, 9.17) is 4.98 Å². The molecule has 1 aromatic heterocycles. The molecule has 0 spiro atoms. The van der Waals surface area contributed by atoms with Crippen molar-refractivity contribution in [3.8, 4) is 0 Å². The molecule has 0 aliphatic carbocycles. The molecule has 0 N–H and O–H groups in total. The molecule has 2 bridgehead atoms. The first-order chi connectivity index (χ1) is 9.38. The standard InChI is InChI=1S/C15H19N3S/c1-2-6-14-13(5-1)16-15(19-14)18-9-8-17-7-3-4-12(10-17)11-18/h1-2,5-6,12H,3-4,7-11H2. The minimum atomic E-state index is 0.836. The summed E-state index contributed by atoms with van der Waals surface area (Å²) >= 11 is 1.84. The van der Waals surface area contributed by atoms with Crippen molar-refractivity contribution in [1.29, 1.82) is 0 Å². The summed E-state index contributed by atoms with van der Waals surface area (Å²) < 4.78 is 1.31. The number of rotatable bonds is 1. The second kappa shape index (κ2) is 4.76. The van der Waals surface area contributed by atoms with Gasteiger partial charge in [-0.05, 0) is 37.4 Å². The molecule has 2 aromatic rings. The fourth-order valence-electron chi connectivity index (χ4n) is 3.34. The number of aromatic nitrogens is 1. The lowest BCUT2D eigenvalue weighted by molar-refractivity contribution is 0.201. The maximum absolute atomic E-state index is 4.82. The van der Waals surface area contributed by atoms with Gasteiger partial charge in [0.2, 0.25) is 0 Å². The van der Waals surface area contributed by atoms with Crippen LogP contribution in [0.2, 0.25) is 0 Å². The van der Waals surface area contributed by atoms with Gasteiger partial charge >= 0.3 is 0 Å². The molecule has 2 saturated heterocycles. The molecular formula is C15H19N3S. The fourth-order valence-corrected chi connectivity index (χ4v) is 4.34. The number of hydrogen-bond acceptors (Lipinski definition) is 4. The summed E-state index contributed by atoms with van der Waals surface area (Å²) in [6, 6.07) is 8.48. The van der Waals surface area contributed by atoms with Crippen molar-refractivity contribution in [3.05, 3.63) is 24.3 Å². The molecule has 3 nitrogen and oxygen atoms in total. The van der Waals surface area contributed by atoms with Crippen LogP contribution in [0, 0.1) is 5.92 Å². The molecule has 2 aliphatic heterocycles. The Morgan fingerprint density at radius 3 is 3.00 bits per heavy atom. The van der Waals surface area contributed by atoms with Gasteiger partial charge in [0.25, 0.3) is 0 Å². The van der Waals surface area contributed by atoms with Crippen LogP contribution in [0.15, 0.2) is 24.3 Å². The van der Waals surface area contributed by atoms with E-state index in [2.05, 4.69) is 34.1 Å². The Bertz CT molecular complexity index is 547. The van der Waals surface area contributed by atoms with Crippen LogP contribution < -0.4 is 4.90 Å². The summed E-state index contributed by atoms with van der Waals surface area (Å²) in [7, 11) is 0. The van der Waals surface area contributed by atoms with Crippen molar-refractivity contribution in [2.75, 3.05) is 37.6 Å². The number of piperidine rings is 1. The van der Waals surface area contributed by atoms with Crippen LogP contribution >= 0.6 is 11.3 Å². The van der Waals surface area contributed by atoms with Crippen LogP contribution in [-0.4, -0.2) is 42.6 Å². The van der Waals surface area contributed by atoms with Crippen LogP contribution in [0.25, 0.3) is 10.2 Å². The Morgan fingerprint density at radius 1 is 1.11 bits per heavy atom. The highest BCUT2D eigenvalue weighted by Crippen LogP contribution is 2.31. The van der Waals surface area contributed by atoms with E-state index in [9.17, 15) is 0 Å². The lowest BCUT2D eigenvalue weighted by Crippen LogP contribution is -2.35. The molecule has 3 heterocycles. The Hall–Kier alpha value is -1.13. The number of fused-ring (bicyclic) bond motifs is 3. The summed E-state index contributed by atoms with van der Waals surface area (Å²) in [6.45, 7) is 6.12. The lowest BCUT2D eigenvalue weighted by atomic mass is 9.99. The van der Waals surface area contributed by atoms with E-state index in [1.807, 2.05) is 11.3 Å².